The lowest BCUT2D eigenvalue weighted by molar-refractivity contribution is -0.300. The third kappa shape index (κ3) is 3.88. The van der Waals surface area contributed by atoms with Gasteiger partial charge in [-0.05, 0) is 5.56 Å². The summed E-state index contributed by atoms with van der Waals surface area (Å²) in [6, 6.07) is 6.87. The van der Waals surface area contributed by atoms with E-state index in [0.717, 1.165) is 0 Å². The lowest BCUT2D eigenvalue weighted by Crippen LogP contribution is -2.41. The molecular weight excluding hydrogens is 275 g/mol. The normalized spacial score (nSPS) is 14.2. The number of benzene rings is 1. The van der Waals surface area contributed by atoms with Crippen molar-refractivity contribution in [2.45, 2.75) is 18.2 Å². The average molecular weight is 284 g/mol. The fraction of sp³-hybridized carbons (Fsp3) is 0.364. The molecule has 1 aromatic rings. The zero-order valence-corrected chi connectivity index (χ0v) is 9.32. The number of carbonyl (C=O) groups is 1. The second-order valence-corrected chi connectivity index (χ2v) is 3.64. The first-order chi connectivity index (χ1) is 8.65. The Labute approximate surface area is 104 Å². The Hall–Kier alpha value is -1.70. The molecule has 0 saturated heterocycles. The van der Waals surface area contributed by atoms with Crippen LogP contribution >= 0.6 is 0 Å². The van der Waals surface area contributed by atoms with Crippen molar-refractivity contribution in [1.82, 2.24) is 0 Å². The van der Waals surface area contributed by atoms with Gasteiger partial charge in [-0.25, -0.2) is 4.79 Å². The summed E-state index contributed by atoms with van der Waals surface area (Å²) < 4.78 is 65.2. The Morgan fingerprint density at radius 3 is 2.11 bits per heavy atom. The van der Waals surface area contributed by atoms with Crippen molar-refractivity contribution in [3.8, 4) is 0 Å². The monoisotopic (exact) mass is 284 g/mol. The molecule has 0 bridgehead atoms. The minimum absolute atomic E-state index is 0.0204. The molecule has 0 aliphatic carbocycles. The third-order valence-corrected chi connectivity index (χ3v) is 2.17. The van der Waals surface area contributed by atoms with Crippen molar-refractivity contribution in [3.63, 3.8) is 0 Å². The standard InChI is InChI=1S/C11H9F5O3/c12-10(13,11(14,15)16)6-19-8(9(17)18)7-4-2-1-3-5-7/h1-5,8H,6H2,(H,17,18). The number of halogens is 5. The lowest BCUT2D eigenvalue weighted by Gasteiger charge is -2.22. The van der Waals surface area contributed by atoms with Crippen LogP contribution in [-0.4, -0.2) is 29.8 Å². The molecule has 1 unspecified atom stereocenters. The smallest absolute Gasteiger partial charge is 0.455 e. The van der Waals surface area contributed by atoms with E-state index in [9.17, 15) is 26.7 Å². The molecule has 19 heavy (non-hydrogen) atoms. The lowest BCUT2D eigenvalue weighted by atomic mass is 10.1. The van der Waals surface area contributed by atoms with E-state index >= 15 is 0 Å². The van der Waals surface area contributed by atoms with Crippen molar-refractivity contribution in [2.24, 2.45) is 0 Å². The molecule has 3 nitrogen and oxygen atoms in total. The van der Waals surface area contributed by atoms with Crippen LogP contribution in [-0.2, 0) is 9.53 Å². The van der Waals surface area contributed by atoms with Crippen LogP contribution in [0.25, 0.3) is 0 Å². The Morgan fingerprint density at radius 2 is 1.68 bits per heavy atom. The summed E-state index contributed by atoms with van der Waals surface area (Å²) in [4.78, 5) is 10.8. The van der Waals surface area contributed by atoms with Crippen LogP contribution in [0, 0.1) is 0 Å². The van der Waals surface area contributed by atoms with Gasteiger partial charge in [0.2, 0.25) is 0 Å². The van der Waals surface area contributed by atoms with Gasteiger partial charge < -0.3 is 9.84 Å². The quantitative estimate of drug-likeness (QED) is 0.845. The summed E-state index contributed by atoms with van der Waals surface area (Å²) in [5, 5.41) is 8.78. The van der Waals surface area contributed by atoms with Crippen LogP contribution in [0.3, 0.4) is 0 Å². The summed E-state index contributed by atoms with van der Waals surface area (Å²) in [6.45, 7) is -2.05. The Balaban J connectivity index is 2.80. The minimum Gasteiger partial charge on any atom is -0.479 e. The summed E-state index contributed by atoms with van der Waals surface area (Å²) in [6.07, 6.45) is -7.67. The molecule has 0 spiro atoms. The number of alkyl halides is 5. The molecule has 1 atom stereocenters. The molecule has 1 rings (SSSR count). The highest BCUT2D eigenvalue weighted by atomic mass is 19.4. The van der Waals surface area contributed by atoms with E-state index in [1.54, 1.807) is 0 Å². The molecule has 1 aromatic carbocycles. The van der Waals surface area contributed by atoms with Gasteiger partial charge in [-0.15, -0.1) is 0 Å². The summed E-state index contributed by atoms with van der Waals surface area (Å²) in [5.41, 5.74) is -0.0204. The van der Waals surface area contributed by atoms with Gasteiger partial charge in [0.15, 0.2) is 6.10 Å². The van der Waals surface area contributed by atoms with E-state index < -0.39 is 30.8 Å². The van der Waals surface area contributed by atoms with Gasteiger partial charge in [-0.1, -0.05) is 30.3 Å². The SMILES string of the molecule is O=C(O)C(OCC(F)(F)C(F)(F)F)c1ccccc1. The first kappa shape index (κ1) is 15.4. The number of aliphatic carboxylic acids is 1. The molecule has 0 aliphatic rings. The molecule has 0 saturated carbocycles. The minimum atomic E-state index is -5.78. The van der Waals surface area contributed by atoms with Crippen LogP contribution in [0.5, 0.6) is 0 Å². The number of rotatable bonds is 5. The second-order valence-electron chi connectivity index (χ2n) is 3.64. The van der Waals surface area contributed by atoms with Gasteiger partial charge >= 0.3 is 18.1 Å². The Morgan fingerprint density at radius 1 is 1.16 bits per heavy atom. The third-order valence-electron chi connectivity index (χ3n) is 2.17. The van der Waals surface area contributed by atoms with E-state index in [4.69, 9.17) is 5.11 Å². The number of carboxylic acids is 1. The fourth-order valence-electron chi connectivity index (χ4n) is 1.21. The second kappa shape index (κ2) is 5.52. The molecule has 106 valence electrons. The molecule has 8 heteroatoms. The van der Waals surface area contributed by atoms with Crippen molar-refractivity contribution in [3.05, 3.63) is 35.9 Å². The molecule has 1 N–H and O–H groups in total. The first-order valence-electron chi connectivity index (χ1n) is 4.99. The molecular formula is C11H9F5O3. The molecule has 0 amide bonds. The van der Waals surface area contributed by atoms with Crippen LogP contribution in [0.4, 0.5) is 22.0 Å². The molecule has 0 heterocycles. The van der Waals surface area contributed by atoms with Crippen LogP contribution < -0.4 is 0 Å². The van der Waals surface area contributed by atoms with Crippen molar-refractivity contribution < 1.29 is 36.6 Å². The molecule has 0 fully saturated rings. The van der Waals surface area contributed by atoms with Crippen molar-refractivity contribution in [2.75, 3.05) is 6.61 Å². The number of carboxylic acid groups (broad SMARTS) is 1. The average Bonchev–Trinajstić information content (AvgIpc) is 2.28. The van der Waals surface area contributed by atoms with E-state index in [1.165, 1.54) is 30.3 Å². The number of hydrogen-bond donors (Lipinski definition) is 1. The summed E-state index contributed by atoms with van der Waals surface area (Å²) >= 11 is 0. The number of ether oxygens (including phenoxy) is 1. The summed E-state index contributed by atoms with van der Waals surface area (Å²) in [7, 11) is 0. The fourth-order valence-corrected chi connectivity index (χ4v) is 1.21. The largest absolute Gasteiger partial charge is 0.479 e. The topological polar surface area (TPSA) is 46.5 Å². The zero-order valence-electron chi connectivity index (χ0n) is 9.32. The summed E-state index contributed by atoms with van der Waals surface area (Å²) in [5.74, 6) is -6.75. The van der Waals surface area contributed by atoms with Crippen molar-refractivity contribution >= 4 is 5.97 Å². The van der Waals surface area contributed by atoms with Gasteiger partial charge in [0, 0.05) is 0 Å². The number of hydrogen-bond acceptors (Lipinski definition) is 2. The molecule has 0 radical (unpaired) electrons. The maximum atomic E-state index is 12.6. The first-order valence-corrected chi connectivity index (χ1v) is 4.99. The maximum Gasteiger partial charge on any atom is 0.455 e. The van der Waals surface area contributed by atoms with Crippen LogP contribution in [0.2, 0.25) is 0 Å². The highest BCUT2D eigenvalue weighted by Gasteiger charge is 2.58. The van der Waals surface area contributed by atoms with E-state index in [2.05, 4.69) is 4.74 Å². The Bertz CT molecular complexity index is 430. The highest BCUT2D eigenvalue weighted by Crippen LogP contribution is 2.36. The predicted octanol–water partition coefficient (Wildman–Crippen LogP) is 3.03. The van der Waals surface area contributed by atoms with Gasteiger partial charge in [0.05, 0.1) is 0 Å². The molecule has 0 aliphatic heterocycles. The maximum absolute atomic E-state index is 12.6. The van der Waals surface area contributed by atoms with Crippen LogP contribution in [0.15, 0.2) is 30.3 Å². The Kier molecular flexibility index (Phi) is 4.46. The van der Waals surface area contributed by atoms with E-state index in [1.807, 2.05) is 0 Å². The van der Waals surface area contributed by atoms with Crippen molar-refractivity contribution in [1.29, 1.82) is 0 Å². The van der Waals surface area contributed by atoms with Gasteiger partial charge in [-0.2, -0.15) is 22.0 Å². The van der Waals surface area contributed by atoms with Gasteiger partial charge in [0.25, 0.3) is 0 Å². The zero-order chi connectivity index (χ0) is 14.7. The molecule has 0 aromatic heterocycles. The van der Waals surface area contributed by atoms with Crippen LogP contribution in [0.1, 0.15) is 11.7 Å². The van der Waals surface area contributed by atoms with E-state index in [-0.39, 0.29) is 5.56 Å². The van der Waals surface area contributed by atoms with Gasteiger partial charge in [-0.3, -0.25) is 0 Å². The predicted molar refractivity (Wildman–Crippen MR) is 53.8 cm³/mol. The highest BCUT2D eigenvalue weighted by molar-refractivity contribution is 5.74. The van der Waals surface area contributed by atoms with Gasteiger partial charge in [0.1, 0.15) is 6.61 Å². The van der Waals surface area contributed by atoms with E-state index in [0.29, 0.717) is 0 Å².